The molecule has 0 amide bonds. The summed E-state index contributed by atoms with van der Waals surface area (Å²) in [6.07, 6.45) is 1.58. The molecule has 3 heteroatoms. The summed E-state index contributed by atoms with van der Waals surface area (Å²) in [7, 11) is 0. The van der Waals surface area contributed by atoms with Gasteiger partial charge in [-0.3, -0.25) is 4.90 Å². The average molecular weight is 214 g/mol. The van der Waals surface area contributed by atoms with Gasteiger partial charge in [-0.1, -0.05) is 20.8 Å². The van der Waals surface area contributed by atoms with Crippen molar-refractivity contribution in [1.29, 1.82) is 0 Å². The van der Waals surface area contributed by atoms with Crippen LogP contribution in [0.25, 0.3) is 0 Å². The Morgan fingerprint density at radius 3 is 2.80 bits per heavy atom. The maximum absolute atomic E-state index is 5.68. The van der Waals surface area contributed by atoms with Gasteiger partial charge in [0.25, 0.3) is 0 Å². The van der Waals surface area contributed by atoms with E-state index >= 15 is 0 Å². The predicted octanol–water partition coefficient (Wildman–Crippen LogP) is 1.48. The maximum atomic E-state index is 5.68. The van der Waals surface area contributed by atoms with E-state index in [0.717, 1.165) is 26.2 Å². The van der Waals surface area contributed by atoms with Gasteiger partial charge in [-0.15, -0.1) is 0 Å². The van der Waals surface area contributed by atoms with Gasteiger partial charge in [0.2, 0.25) is 0 Å². The van der Waals surface area contributed by atoms with Crippen LogP contribution >= 0.6 is 0 Å². The zero-order valence-corrected chi connectivity index (χ0v) is 10.6. The minimum atomic E-state index is 0.395. The first kappa shape index (κ1) is 12.9. The van der Waals surface area contributed by atoms with Crippen molar-refractivity contribution in [2.45, 2.75) is 52.3 Å². The third kappa shape index (κ3) is 4.49. The highest BCUT2D eigenvalue weighted by Gasteiger charge is 2.24. The van der Waals surface area contributed by atoms with Gasteiger partial charge in [-0.25, -0.2) is 0 Å². The minimum Gasteiger partial charge on any atom is -0.376 e. The zero-order chi connectivity index (χ0) is 11.3. The van der Waals surface area contributed by atoms with Crippen molar-refractivity contribution in [3.05, 3.63) is 0 Å². The second-order valence-electron chi connectivity index (χ2n) is 4.81. The van der Waals surface area contributed by atoms with E-state index in [9.17, 15) is 0 Å². The van der Waals surface area contributed by atoms with Crippen LogP contribution in [0.3, 0.4) is 0 Å². The molecule has 90 valence electrons. The standard InChI is InChI=1S/C12H26N2O/c1-5-12-9-15-11(4)8-14(12)7-6-13-10(2)3/h10-13H,5-9H2,1-4H3. The molecule has 3 nitrogen and oxygen atoms in total. The van der Waals surface area contributed by atoms with Gasteiger partial charge >= 0.3 is 0 Å². The van der Waals surface area contributed by atoms with Crippen LogP contribution in [-0.4, -0.2) is 49.3 Å². The number of nitrogens with zero attached hydrogens (tertiary/aromatic N) is 1. The Bertz CT molecular complexity index is 173. The van der Waals surface area contributed by atoms with Crippen LogP contribution in [0.4, 0.5) is 0 Å². The molecule has 1 heterocycles. The highest BCUT2D eigenvalue weighted by atomic mass is 16.5. The van der Waals surface area contributed by atoms with Crippen molar-refractivity contribution in [2.24, 2.45) is 0 Å². The normalized spacial score (nSPS) is 28.6. The van der Waals surface area contributed by atoms with E-state index in [1.807, 2.05) is 0 Å². The van der Waals surface area contributed by atoms with E-state index in [0.29, 0.717) is 18.2 Å². The Hall–Kier alpha value is -0.120. The Balaban J connectivity index is 2.28. The van der Waals surface area contributed by atoms with Gasteiger partial charge in [0.1, 0.15) is 0 Å². The molecule has 0 saturated carbocycles. The molecule has 0 aromatic carbocycles. The minimum absolute atomic E-state index is 0.395. The molecule has 0 aromatic rings. The molecular formula is C12H26N2O. The molecule has 1 aliphatic heterocycles. The molecule has 1 saturated heterocycles. The Morgan fingerprint density at radius 2 is 2.20 bits per heavy atom. The predicted molar refractivity (Wildman–Crippen MR) is 64.2 cm³/mol. The van der Waals surface area contributed by atoms with E-state index in [-0.39, 0.29) is 0 Å². The molecule has 2 atom stereocenters. The number of ether oxygens (including phenoxy) is 1. The van der Waals surface area contributed by atoms with Crippen LogP contribution in [0.2, 0.25) is 0 Å². The van der Waals surface area contributed by atoms with Crippen molar-refractivity contribution in [2.75, 3.05) is 26.2 Å². The van der Waals surface area contributed by atoms with Crippen molar-refractivity contribution >= 4 is 0 Å². The number of hydrogen-bond acceptors (Lipinski definition) is 3. The average Bonchev–Trinajstić information content (AvgIpc) is 2.17. The smallest absolute Gasteiger partial charge is 0.0674 e. The molecule has 1 aliphatic rings. The summed E-state index contributed by atoms with van der Waals surface area (Å²) in [6, 6.07) is 1.21. The quantitative estimate of drug-likeness (QED) is 0.750. The Kier molecular flexibility index (Phi) is 5.58. The molecule has 1 fully saturated rings. The van der Waals surface area contributed by atoms with Gasteiger partial charge in [0.15, 0.2) is 0 Å². The third-order valence-electron chi connectivity index (χ3n) is 3.00. The van der Waals surface area contributed by atoms with Crippen molar-refractivity contribution < 1.29 is 4.74 Å². The molecule has 15 heavy (non-hydrogen) atoms. The largest absolute Gasteiger partial charge is 0.376 e. The van der Waals surface area contributed by atoms with Gasteiger partial charge in [0, 0.05) is 31.7 Å². The lowest BCUT2D eigenvalue weighted by molar-refractivity contribution is -0.0551. The van der Waals surface area contributed by atoms with Crippen LogP contribution in [0.5, 0.6) is 0 Å². The van der Waals surface area contributed by atoms with E-state index in [2.05, 4.69) is 37.9 Å². The molecule has 1 N–H and O–H groups in total. The fraction of sp³-hybridized carbons (Fsp3) is 1.00. The first-order valence-corrected chi connectivity index (χ1v) is 6.22. The summed E-state index contributed by atoms with van der Waals surface area (Å²) < 4.78 is 5.68. The van der Waals surface area contributed by atoms with Gasteiger partial charge < -0.3 is 10.1 Å². The zero-order valence-electron chi connectivity index (χ0n) is 10.6. The number of nitrogens with one attached hydrogen (secondary N) is 1. The van der Waals surface area contributed by atoms with Crippen molar-refractivity contribution in [1.82, 2.24) is 10.2 Å². The van der Waals surface area contributed by atoms with Crippen LogP contribution in [0.1, 0.15) is 34.1 Å². The molecule has 1 rings (SSSR count). The van der Waals surface area contributed by atoms with Crippen LogP contribution in [0, 0.1) is 0 Å². The lowest BCUT2D eigenvalue weighted by Crippen LogP contribution is -2.50. The number of morpholine rings is 1. The van der Waals surface area contributed by atoms with Crippen LogP contribution in [-0.2, 0) is 4.74 Å². The summed E-state index contributed by atoms with van der Waals surface area (Å²) in [5.74, 6) is 0. The van der Waals surface area contributed by atoms with Crippen molar-refractivity contribution in [3.8, 4) is 0 Å². The lowest BCUT2D eigenvalue weighted by atomic mass is 10.1. The van der Waals surface area contributed by atoms with E-state index in [1.54, 1.807) is 0 Å². The Morgan fingerprint density at radius 1 is 1.47 bits per heavy atom. The second kappa shape index (κ2) is 6.46. The monoisotopic (exact) mass is 214 g/mol. The third-order valence-corrected chi connectivity index (χ3v) is 3.00. The maximum Gasteiger partial charge on any atom is 0.0674 e. The SMILES string of the molecule is CCC1COC(C)CN1CCNC(C)C. The van der Waals surface area contributed by atoms with Crippen LogP contribution in [0.15, 0.2) is 0 Å². The van der Waals surface area contributed by atoms with Gasteiger partial charge in [-0.2, -0.15) is 0 Å². The Labute approximate surface area is 94.2 Å². The molecule has 0 aromatic heterocycles. The summed E-state index contributed by atoms with van der Waals surface area (Å²) in [6.45, 7) is 13.0. The highest BCUT2D eigenvalue weighted by molar-refractivity contribution is 4.78. The number of hydrogen-bond donors (Lipinski definition) is 1. The molecular weight excluding hydrogens is 188 g/mol. The molecule has 0 spiro atoms. The van der Waals surface area contributed by atoms with E-state index in [1.165, 1.54) is 6.42 Å². The summed E-state index contributed by atoms with van der Waals surface area (Å²) in [4.78, 5) is 2.56. The summed E-state index contributed by atoms with van der Waals surface area (Å²) in [5.41, 5.74) is 0. The lowest BCUT2D eigenvalue weighted by Gasteiger charge is -2.38. The first-order valence-electron chi connectivity index (χ1n) is 6.22. The highest BCUT2D eigenvalue weighted by Crippen LogP contribution is 2.13. The topological polar surface area (TPSA) is 24.5 Å². The van der Waals surface area contributed by atoms with Gasteiger partial charge in [-0.05, 0) is 13.3 Å². The second-order valence-corrected chi connectivity index (χ2v) is 4.81. The fourth-order valence-corrected chi connectivity index (χ4v) is 2.06. The first-order chi connectivity index (χ1) is 7.13. The fourth-order valence-electron chi connectivity index (χ4n) is 2.06. The molecule has 2 unspecified atom stereocenters. The van der Waals surface area contributed by atoms with E-state index < -0.39 is 0 Å². The number of rotatable bonds is 5. The van der Waals surface area contributed by atoms with E-state index in [4.69, 9.17) is 4.74 Å². The molecule has 0 radical (unpaired) electrons. The summed E-state index contributed by atoms with van der Waals surface area (Å²) >= 11 is 0. The van der Waals surface area contributed by atoms with Gasteiger partial charge in [0.05, 0.1) is 12.7 Å². The van der Waals surface area contributed by atoms with Crippen molar-refractivity contribution in [3.63, 3.8) is 0 Å². The molecule has 0 aliphatic carbocycles. The molecule has 0 bridgehead atoms. The van der Waals surface area contributed by atoms with Crippen LogP contribution < -0.4 is 5.32 Å². The summed E-state index contributed by atoms with van der Waals surface area (Å²) in [5, 5.41) is 3.47.